The molecule has 2 rings (SSSR count). The van der Waals surface area contributed by atoms with Gasteiger partial charge in [-0.15, -0.1) is 0 Å². The second-order valence-electron chi connectivity index (χ2n) is 5.17. The molecule has 0 heterocycles. The predicted octanol–water partition coefficient (Wildman–Crippen LogP) is 2.18. The molecule has 7 nitrogen and oxygen atoms in total. The minimum Gasteiger partial charge on any atom is -0.507 e. The van der Waals surface area contributed by atoms with E-state index in [1.807, 2.05) is 13.0 Å². The molecule has 26 heavy (non-hydrogen) atoms. The quantitative estimate of drug-likeness (QED) is 0.432. The van der Waals surface area contributed by atoms with Crippen LogP contribution < -0.4 is 20.9 Å². The van der Waals surface area contributed by atoms with Gasteiger partial charge in [-0.2, -0.15) is 0 Å². The van der Waals surface area contributed by atoms with Gasteiger partial charge in [0.15, 0.2) is 11.7 Å². The number of phenolic OH excluding ortho intramolecular Hbond substituents is 1. The summed E-state index contributed by atoms with van der Waals surface area (Å²) in [6, 6.07) is 11.4. The highest BCUT2D eigenvalue weighted by Crippen LogP contribution is 2.21. The molecule has 0 saturated carbocycles. The van der Waals surface area contributed by atoms with E-state index in [1.54, 1.807) is 24.3 Å². The average molecular weight is 438 g/mol. The Bertz CT molecular complexity index is 845. The van der Waals surface area contributed by atoms with Crippen LogP contribution in [0.25, 0.3) is 0 Å². The van der Waals surface area contributed by atoms with Gasteiger partial charge in [-0.3, -0.25) is 25.8 Å². The molecule has 4 N–H and O–H groups in total. The van der Waals surface area contributed by atoms with Gasteiger partial charge in [0.1, 0.15) is 11.5 Å². The Balaban J connectivity index is 1.76. The van der Waals surface area contributed by atoms with E-state index < -0.39 is 11.8 Å². The Kier molecular flexibility index (Phi) is 6.93. The number of amides is 2. The number of halogens is 1. The summed E-state index contributed by atoms with van der Waals surface area (Å²) in [7, 11) is 0. The number of rotatable bonds is 4. The first-order chi connectivity index (χ1) is 12.4. The molecular formula is C17H16BrN3O4S. The van der Waals surface area contributed by atoms with E-state index in [2.05, 4.69) is 32.1 Å². The van der Waals surface area contributed by atoms with Crippen molar-refractivity contribution >= 4 is 45.1 Å². The molecule has 136 valence electrons. The Morgan fingerprint density at radius 1 is 1.19 bits per heavy atom. The van der Waals surface area contributed by atoms with Gasteiger partial charge in [0.05, 0.1) is 5.56 Å². The van der Waals surface area contributed by atoms with Crippen molar-refractivity contribution in [1.82, 2.24) is 16.2 Å². The summed E-state index contributed by atoms with van der Waals surface area (Å²) in [5.41, 5.74) is 5.71. The number of ether oxygens (including phenoxy) is 1. The van der Waals surface area contributed by atoms with Crippen LogP contribution in [0.4, 0.5) is 0 Å². The minimum atomic E-state index is -0.596. The summed E-state index contributed by atoms with van der Waals surface area (Å²) >= 11 is 8.30. The number of hydrogen-bond donors (Lipinski definition) is 4. The summed E-state index contributed by atoms with van der Waals surface area (Å²) in [5.74, 6) is -0.700. The Morgan fingerprint density at radius 3 is 2.62 bits per heavy atom. The van der Waals surface area contributed by atoms with E-state index in [0.717, 1.165) is 10.0 Å². The highest BCUT2D eigenvalue weighted by molar-refractivity contribution is 9.10. The lowest BCUT2D eigenvalue weighted by atomic mass is 10.2. The Morgan fingerprint density at radius 2 is 1.92 bits per heavy atom. The van der Waals surface area contributed by atoms with Gasteiger partial charge in [-0.25, -0.2) is 0 Å². The van der Waals surface area contributed by atoms with Gasteiger partial charge in [-0.05, 0) is 55.0 Å². The predicted molar refractivity (Wildman–Crippen MR) is 104 cm³/mol. The SMILES string of the molecule is Cc1cc(OCC(=O)NC(=S)NNC(=O)c2ccccc2O)ccc1Br. The number of hydrazine groups is 1. The molecule has 2 aromatic carbocycles. The maximum atomic E-state index is 11.9. The first kappa shape index (κ1) is 19.7. The zero-order valence-electron chi connectivity index (χ0n) is 13.7. The molecule has 0 aliphatic carbocycles. The zero-order chi connectivity index (χ0) is 19.1. The van der Waals surface area contributed by atoms with E-state index in [4.69, 9.17) is 17.0 Å². The van der Waals surface area contributed by atoms with Gasteiger partial charge in [0, 0.05) is 4.47 Å². The lowest BCUT2D eigenvalue weighted by Crippen LogP contribution is -2.49. The molecule has 0 aromatic heterocycles. The molecule has 0 saturated heterocycles. The molecular weight excluding hydrogens is 422 g/mol. The number of nitrogens with one attached hydrogen (secondary N) is 3. The topological polar surface area (TPSA) is 99.7 Å². The summed E-state index contributed by atoms with van der Waals surface area (Å²) in [4.78, 5) is 23.7. The van der Waals surface area contributed by atoms with E-state index >= 15 is 0 Å². The monoisotopic (exact) mass is 437 g/mol. The number of benzene rings is 2. The van der Waals surface area contributed by atoms with Crippen molar-refractivity contribution in [2.45, 2.75) is 6.92 Å². The van der Waals surface area contributed by atoms with Crippen molar-refractivity contribution < 1.29 is 19.4 Å². The number of hydrogen-bond acceptors (Lipinski definition) is 5. The number of carbonyl (C=O) groups is 2. The molecule has 0 aliphatic heterocycles. The fourth-order valence-corrected chi connectivity index (χ4v) is 2.31. The molecule has 0 spiro atoms. The molecule has 2 aromatic rings. The van der Waals surface area contributed by atoms with Crippen molar-refractivity contribution in [1.29, 1.82) is 0 Å². The minimum absolute atomic E-state index is 0.0723. The summed E-state index contributed by atoms with van der Waals surface area (Å²) < 4.78 is 6.32. The maximum Gasteiger partial charge on any atom is 0.273 e. The molecule has 0 fully saturated rings. The van der Waals surface area contributed by atoms with Crippen LogP contribution in [-0.2, 0) is 4.79 Å². The third-order valence-electron chi connectivity index (χ3n) is 3.19. The summed E-state index contributed by atoms with van der Waals surface area (Å²) in [6.07, 6.45) is 0. The smallest absolute Gasteiger partial charge is 0.273 e. The number of thiocarbonyl (C=S) groups is 1. The van der Waals surface area contributed by atoms with Gasteiger partial charge >= 0.3 is 0 Å². The molecule has 0 radical (unpaired) electrons. The molecule has 0 unspecified atom stereocenters. The third-order valence-corrected chi connectivity index (χ3v) is 4.28. The number of aromatic hydroxyl groups is 1. The van der Waals surface area contributed by atoms with Crippen LogP contribution in [0.3, 0.4) is 0 Å². The van der Waals surface area contributed by atoms with E-state index in [9.17, 15) is 14.7 Å². The summed E-state index contributed by atoms with van der Waals surface area (Å²) in [6.45, 7) is 1.67. The fourth-order valence-electron chi connectivity index (χ4n) is 1.90. The average Bonchev–Trinajstić information content (AvgIpc) is 2.61. The van der Waals surface area contributed by atoms with Crippen LogP contribution >= 0.6 is 28.1 Å². The van der Waals surface area contributed by atoms with Crippen LogP contribution in [0.2, 0.25) is 0 Å². The van der Waals surface area contributed by atoms with Gasteiger partial charge in [-0.1, -0.05) is 28.1 Å². The van der Waals surface area contributed by atoms with Crippen LogP contribution in [0.1, 0.15) is 15.9 Å². The first-order valence-corrected chi connectivity index (χ1v) is 8.64. The van der Waals surface area contributed by atoms with Crippen LogP contribution in [0.5, 0.6) is 11.5 Å². The third kappa shape index (κ3) is 5.71. The van der Waals surface area contributed by atoms with E-state index in [0.29, 0.717) is 5.75 Å². The second kappa shape index (κ2) is 9.16. The number of para-hydroxylation sites is 1. The number of carbonyl (C=O) groups excluding carboxylic acids is 2. The molecule has 0 aliphatic rings. The van der Waals surface area contributed by atoms with Gasteiger partial charge < -0.3 is 9.84 Å². The Labute approximate surface area is 163 Å². The second-order valence-corrected chi connectivity index (χ2v) is 6.44. The van der Waals surface area contributed by atoms with Crippen molar-refractivity contribution in [2.75, 3.05) is 6.61 Å². The maximum absolute atomic E-state index is 11.9. The molecule has 0 bridgehead atoms. The van der Waals surface area contributed by atoms with Gasteiger partial charge in [0.25, 0.3) is 11.8 Å². The first-order valence-electron chi connectivity index (χ1n) is 7.44. The lowest BCUT2D eigenvalue weighted by Gasteiger charge is -2.12. The zero-order valence-corrected chi connectivity index (χ0v) is 16.1. The van der Waals surface area contributed by atoms with Crippen LogP contribution in [-0.4, -0.2) is 28.6 Å². The number of phenols is 1. The van der Waals surface area contributed by atoms with Crippen molar-refractivity contribution in [2.24, 2.45) is 0 Å². The Hall–Kier alpha value is -2.65. The van der Waals surface area contributed by atoms with E-state index in [1.165, 1.54) is 12.1 Å². The van der Waals surface area contributed by atoms with Crippen LogP contribution in [0, 0.1) is 6.92 Å². The van der Waals surface area contributed by atoms with E-state index in [-0.39, 0.29) is 23.0 Å². The highest BCUT2D eigenvalue weighted by atomic mass is 79.9. The highest BCUT2D eigenvalue weighted by Gasteiger charge is 2.11. The van der Waals surface area contributed by atoms with Crippen molar-refractivity contribution in [3.63, 3.8) is 0 Å². The molecule has 0 atom stereocenters. The standard InChI is InChI=1S/C17H16BrN3O4S/c1-10-8-11(6-7-13(10)18)25-9-15(23)19-17(26)21-20-16(24)12-4-2-3-5-14(12)22/h2-8,22H,9H2,1H3,(H,20,24)(H2,19,21,23,26). The summed E-state index contributed by atoms with van der Waals surface area (Å²) in [5, 5.41) is 11.9. The number of aryl methyl sites for hydroxylation is 1. The normalized spacial score (nSPS) is 9.92. The fraction of sp³-hybridized carbons (Fsp3) is 0.118. The van der Waals surface area contributed by atoms with Gasteiger partial charge in [0.2, 0.25) is 0 Å². The largest absolute Gasteiger partial charge is 0.507 e. The molecule has 9 heteroatoms. The van der Waals surface area contributed by atoms with Crippen LogP contribution in [0.15, 0.2) is 46.9 Å². The lowest BCUT2D eigenvalue weighted by molar-refractivity contribution is -0.121. The van der Waals surface area contributed by atoms with Crippen molar-refractivity contribution in [3.8, 4) is 11.5 Å². The van der Waals surface area contributed by atoms with Crippen molar-refractivity contribution in [3.05, 3.63) is 58.1 Å². The molecule has 2 amide bonds.